The third kappa shape index (κ3) is 2.96. The van der Waals surface area contributed by atoms with Crippen LogP contribution in [0.4, 0.5) is 33.5 Å². The number of rotatable bonds is 3. The highest BCUT2D eigenvalue weighted by atomic mass is 19.2. The smallest absolute Gasteiger partial charge is 0.200 e. The van der Waals surface area contributed by atoms with Gasteiger partial charge in [0.1, 0.15) is 17.8 Å². The first kappa shape index (κ1) is 17.4. The maximum absolute atomic E-state index is 13.7. The molecule has 1 aromatic heterocycles. The van der Waals surface area contributed by atoms with Crippen LogP contribution >= 0.6 is 0 Å². The van der Waals surface area contributed by atoms with Gasteiger partial charge in [0.25, 0.3) is 0 Å². The van der Waals surface area contributed by atoms with Crippen molar-refractivity contribution in [3.05, 3.63) is 59.7 Å². The predicted octanol–water partition coefficient (Wildman–Crippen LogP) is 3.99. The van der Waals surface area contributed by atoms with E-state index >= 15 is 0 Å². The number of nitrogens with one attached hydrogen (secondary N) is 1. The van der Waals surface area contributed by atoms with Gasteiger partial charge in [-0.2, -0.15) is 0 Å². The van der Waals surface area contributed by atoms with Gasteiger partial charge in [-0.15, -0.1) is 0 Å². The van der Waals surface area contributed by atoms with Gasteiger partial charge in [-0.25, -0.2) is 31.9 Å². The summed E-state index contributed by atoms with van der Waals surface area (Å²) in [6.07, 6.45) is 0.980. The Morgan fingerprint density at radius 3 is 1.96 bits per heavy atom. The maximum Gasteiger partial charge on any atom is 0.200 e. The molecule has 0 saturated heterocycles. The van der Waals surface area contributed by atoms with Crippen LogP contribution in [0.2, 0.25) is 0 Å². The second-order valence-corrected chi connectivity index (χ2v) is 5.06. The molecule has 1 heterocycles. The number of phenols is 2. The molecule has 3 rings (SSSR count). The van der Waals surface area contributed by atoms with Gasteiger partial charge in [-0.1, -0.05) is 0 Å². The van der Waals surface area contributed by atoms with E-state index in [0.717, 1.165) is 12.4 Å². The van der Waals surface area contributed by atoms with E-state index in [9.17, 15) is 32.2 Å². The van der Waals surface area contributed by atoms with E-state index in [1.165, 1.54) is 18.2 Å². The van der Waals surface area contributed by atoms with Crippen molar-refractivity contribution in [1.82, 2.24) is 9.97 Å². The average molecular weight is 369 g/mol. The molecule has 10 heteroatoms. The lowest BCUT2D eigenvalue weighted by Gasteiger charge is -2.11. The van der Waals surface area contributed by atoms with Crippen molar-refractivity contribution in [2.45, 2.75) is 0 Å². The van der Waals surface area contributed by atoms with Gasteiger partial charge in [-0.3, -0.25) is 0 Å². The zero-order chi connectivity index (χ0) is 19.0. The molecule has 3 aromatic rings. The third-order valence-corrected chi connectivity index (χ3v) is 3.40. The molecule has 0 aliphatic rings. The summed E-state index contributed by atoms with van der Waals surface area (Å²) in [7, 11) is 0. The lowest BCUT2D eigenvalue weighted by Crippen LogP contribution is -2.07. The number of hydrogen-bond donors (Lipinski definition) is 3. The van der Waals surface area contributed by atoms with Crippen LogP contribution in [0.5, 0.6) is 11.5 Å². The summed E-state index contributed by atoms with van der Waals surface area (Å²) in [6.45, 7) is 0. The zero-order valence-corrected chi connectivity index (χ0v) is 12.6. The lowest BCUT2D eigenvalue weighted by molar-refractivity contribution is 0.382. The Labute approximate surface area is 142 Å². The van der Waals surface area contributed by atoms with Crippen molar-refractivity contribution in [3.63, 3.8) is 0 Å². The van der Waals surface area contributed by atoms with Gasteiger partial charge in [0, 0.05) is 11.6 Å². The van der Waals surface area contributed by atoms with Crippen LogP contribution in [-0.2, 0) is 0 Å². The molecule has 0 radical (unpaired) electrons. The molecule has 0 amide bonds. The zero-order valence-electron chi connectivity index (χ0n) is 12.6. The van der Waals surface area contributed by atoms with Crippen LogP contribution in [0.25, 0.3) is 11.3 Å². The number of halogens is 5. The van der Waals surface area contributed by atoms with Crippen LogP contribution < -0.4 is 5.32 Å². The highest BCUT2D eigenvalue weighted by Gasteiger charge is 2.26. The van der Waals surface area contributed by atoms with Crippen molar-refractivity contribution < 1.29 is 32.2 Å². The molecular formula is C16H8F5N3O2. The summed E-state index contributed by atoms with van der Waals surface area (Å²) in [5.74, 6) is -11.6. The van der Waals surface area contributed by atoms with E-state index in [4.69, 9.17) is 0 Å². The second kappa shape index (κ2) is 6.47. The molecular weight excluding hydrogens is 361 g/mol. The number of anilines is 2. The fourth-order valence-corrected chi connectivity index (χ4v) is 2.11. The first-order valence-electron chi connectivity index (χ1n) is 6.92. The lowest BCUT2D eigenvalue weighted by atomic mass is 10.1. The van der Waals surface area contributed by atoms with E-state index in [2.05, 4.69) is 9.97 Å². The van der Waals surface area contributed by atoms with Crippen LogP contribution in [0.1, 0.15) is 0 Å². The normalized spacial score (nSPS) is 10.8. The first-order chi connectivity index (χ1) is 12.3. The van der Waals surface area contributed by atoms with Gasteiger partial charge in [0.2, 0.25) is 5.82 Å². The fourth-order valence-electron chi connectivity index (χ4n) is 2.11. The predicted molar refractivity (Wildman–Crippen MR) is 80.3 cm³/mol. The minimum Gasteiger partial charge on any atom is -0.504 e. The molecule has 3 N–H and O–H groups in total. The largest absolute Gasteiger partial charge is 0.504 e. The minimum absolute atomic E-state index is 0.154. The van der Waals surface area contributed by atoms with Gasteiger partial charge in [0.15, 0.2) is 34.8 Å². The van der Waals surface area contributed by atoms with Gasteiger partial charge < -0.3 is 15.5 Å². The quantitative estimate of drug-likeness (QED) is 0.282. The summed E-state index contributed by atoms with van der Waals surface area (Å²) in [4.78, 5) is 7.53. The Balaban J connectivity index is 2.01. The molecule has 0 bridgehead atoms. The molecule has 134 valence electrons. The van der Waals surface area contributed by atoms with Crippen molar-refractivity contribution in [3.8, 4) is 22.8 Å². The van der Waals surface area contributed by atoms with E-state index < -0.39 is 40.5 Å². The monoisotopic (exact) mass is 369 g/mol. The fraction of sp³-hybridized carbons (Fsp3) is 0. The van der Waals surface area contributed by atoms with Crippen LogP contribution in [0.3, 0.4) is 0 Å². The molecule has 0 unspecified atom stereocenters. The molecule has 2 aromatic carbocycles. The molecule has 0 atom stereocenters. The molecule has 0 saturated carbocycles. The number of phenolic OH excluding ortho intramolecular Hbond substituents is 2. The molecule has 0 aliphatic carbocycles. The number of nitrogens with zero attached hydrogens (tertiary/aromatic N) is 2. The Kier molecular flexibility index (Phi) is 4.33. The van der Waals surface area contributed by atoms with Crippen LogP contribution in [-0.4, -0.2) is 20.2 Å². The van der Waals surface area contributed by atoms with Gasteiger partial charge >= 0.3 is 0 Å². The van der Waals surface area contributed by atoms with Crippen LogP contribution in [0.15, 0.2) is 30.6 Å². The molecule has 0 fully saturated rings. The van der Waals surface area contributed by atoms with E-state index in [1.807, 2.05) is 5.32 Å². The maximum atomic E-state index is 13.7. The molecule has 0 spiro atoms. The Morgan fingerprint density at radius 1 is 0.731 bits per heavy atom. The van der Waals surface area contributed by atoms with Crippen LogP contribution in [0, 0.1) is 29.1 Å². The average Bonchev–Trinajstić information content (AvgIpc) is 2.64. The highest BCUT2D eigenvalue weighted by molar-refractivity contribution is 5.68. The summed E-state index contributed by atoms with van der Waals surface area (Å²) in [5, 5.41) is 20.8. The second-order valence-electron chi connectivity index (χ2n) is 5.06. The highest BCUT2D eigenvalue weighted by Crippen LogP contribution is 2.32. The number of aromatic hydroxyl groups is 2. The number of aromatic nitrogens is 2. The first-order valence-corrected chi connectivity index (χ1v) is 6.92. The summed E-state index contributed by atoms with van der Waals surface area (Å²) in [6, 6.07) is 4.90. The summed E-state index contributed by atoms with van der Waals surface area (Å²) in [5.41, 5.74) is -0.801. The Hall–Kier alpha value is -3.43. The summed E-state index contributed by atoms with van der Waals surface area (Å²) < 4.78 is 67.0. The standard InChI is InChI=1S/C16H8F5N3O2/c17-11-12(18)14(20)16(15(21)13(11)19)24-10-4-7(22-5-23-10)6-1-2-8(25)9(26)3-6/h1-5,25-26H,(H,22,23,24). The van der Waals surface area contributed by atoms with E-state index in [-0.39, 0.29) is 17.3 Å². The van der Waals surface area contributed by atoms with E-state index in [0.29, 0.717) is 5.56 Å². The number of hydrogen-bond acceptors (Lipinski definition) is 5. The molecule has 26 heavy (non-hydrogen) atoms. The number of benzene rings is 2. The van der Waals surface area contributed by atoms with E-state index in [1.54, 1.807) is 0 Å². The Morgan fingerprint density at radius 2 is 1.35 bits per heavy atom. The molecule has 5 nitrogen and oxygen atoms in total. The third-order valence-electron chi connectivity index (χ3n) is 3.40. The molecule has 0 aliphatic heterocycles. The minimum atomic E-state index is -2.27. The van der Waals surface area contributed by atoms with Crippen molar-refractivity contribution in [2.24, 2.45) is 0 Å². The van der Waals surface area contributed by atoms with Crippen molar-refractivity contribution in [1.29, 1.82) is 0 Å². The van der Waals surface area contributed by atoms with Crippen molar-refractivity contribution >= 4 is 11.5 Å². The van der Waals surface area contributed by atoms with Gasteiger partial charge in [0.05, 0.1) is 5.69 Å². The van der Waals surface area contributed by atoms with Gasteiger partial charge in [-0.05, 0) is 18.2 Å². The SMILES string of the molecule is Oc1ccc(-c2cc(Nc3c(F)c(F)c(F)c(F)c3F)ncn2)cc1O. The Bertz CT molecular complexity index is 984. The summed E-state index contributed by atoms with van der Waals surface area (Å²) >= 11 is 0. The topological polar surface area (TPSA) is 78.3 Å². The van der Waals surface area contributed by atoms with Crippen molar-refractivity contribution in [2.75, 3.05) is 5.32 Å².